The second kappa shape index (κ2) is 7.36. The number of hydrogen-bond donors (Lipinski definition) is 2. The van der Waals surface area contributed by atoms with Crippen molar-refractivity contribution in [2.75, 3.05) is 13.6 Å². The maximum Gasteiger partial charge on any atom is 0.241 e. The minimum Gasteiger partial charge on any atom is -0.508 e. The van der Waals surface area contributed by atoms with E-state index in [4.69, 9.17) is 0 Å². The number of rotatable bonds is 5. The Labute approximate surface area is 162 Å². The number of nitrogens with zero attached hydrogens (tertiary/aromatic N) is 1. The van der Waals surface area contributed by atoms with E-state index in [-0.39, 0.29) is 29.8 Å². The van der Waals surface area contributed by atoms with Gasteiger partial charge in [0.25, 0.3) is 0 Å². The van der Waals surface area contributed by atoms with Crippen LogP contribution in [0.3, 0.4) is 0 Å². The minimum absolute atomic E-state index is 0.0681. The van der Waals surface area contributed by atoms with Crippen molar-refractivity contribution in [3.8, 4) is 5.75 Å². The van der Waals surface area contributed by atoms with Crippen LogP contribution in [0.15, 0.2) is 48.5 Å². The number of halogens is 2. The fraction of sp³-hybridized carbons (Fsp3) is 0.318. The van der Waals surface area contributed by atoms with Crippen LogP contribution >= 0.6 is 0 Å². The predicted octanol–water partition coefficient (Wildman–Crippen LogP) is 3.64. The molecule has 0 bridgehead atoms. The lowest BCUT2D eigenvalue weighted by atomic mass is 10.0. The highest BCUT2D eigenvalue weighted by atomic mass is 19.1. The van der Waals surface area contributed by atoms with Gasteiger partial charge in [0.05, 0.1) is 12.1 Å². The molecule has 0 aromatic heterocycles. The Morgan fingerprint density at radius 2 is 2.00 bits per heavy atom. The van der Waals surface area contributed by atoms with Gasteiger partial charge in [-0.3, -0.25) is 4.79 Å². The zero-order valence-electron chi connectivity index (χ0n) is 15.5. The van der Waals surface area contributed by atoms with Crippen molar-refractivity contribution in [1.29, 1.82) is 0 Å². The van der Waals surface area contributed by atoms with Crippen LogP contribution in [0.4, 0.5) is 8.78 Å². The molecule has 2 N–H and O–H groups in total. The van der Waals surface area contributed by atoms with Gasteiger partial charge in [0.15, 0.2) is 0 Å². The number of benzene rings is 2. The van der Waals surface area contributed by atoms with Gasteiger partial charge in [-0.2, -0.15) is 0 Å². The average Bonchev–Trinajstić information content (AvgIpc) is 3.41. The molecule has 2 aliphatic rings. The maximum atomic E-state index is 14.3. The van der Waals surface area contributed by atoms with Crippen LogP contribution in [0, 0.1) is 17.6 Å². The van der Waals surface area contributed by atoms with Crippen molar-refractivity contribution in [3.05, 3.63) is 71.3 Å². The highest BCUT2D eigenvalue weighted by Crippen LogP contribution is 2.39. The van der Waals surface area contributed by atoms with Gasteiger partial charge in [-0.05, 0) is 67.3 Å². The summed E-state index contributed by atoms with van der Waals surface area (Å²) < 4.78 is 28.1. The molecule has 4 rings (SSSR count). The topological polar surface area (TPSA) is 52.6 Å². The number of carbonyl (C=O) groups is 1. The van der Waals surface area contributed by atoms with E-state index in [1.54, 1.807) is 36.2 Å². The number of nitrogens with one attached hydrogen (secondary N) is 1. The molecule has 1 fully saturated rings. The number of carbonyl (C=O) groups excluding carboxylic acids is 1. The lowest BCUT2D eigenvalue weighted by Gasteiger charge is -2.29. The van der Waals surface area contributed by atoms with Gasteiger partial charge in [0, 0.05) is 12.1 Å². The monoisotopic (exact) mass is 384 g/mol. The van der Waals surface area contributed by atoms with Crippen molar-refractivity contribution in [3.63, 3.8) is 0 Å². The maximum absolute atomic E-state index is 14.3. The summed E-state index contributed by atoms with van der Waals surface area (Å²) in [6.45, 7) is 0.185. The zero-order chi connectivity index (χ0) is 19.8. The summed E-state index contributed by atoms with van der Waals surface area (Å²) in [5.74, 6) is -0.722. The van der Waals surface area contributed by atoms with E-state index in [2.05, 4.69) is 5.32 Å². The Morgan fingerprint density at radius 1 is 1.21 bits per heavy atom. The predicted molar refractivity (Wildman–Crippen MR) is 102 cm³/mol. The third-order valence-electron chi connectivity index (χ3n) is 5.48. The van der Waals surface area contributed by atoms with E-state index >= 15 is 0 Å². The number of phenolic OH excluding ortho intramolecular Hbond substituents is 1. The first-order valence-electron chi connectivity index (χ1n) is 9.40. The van der Waals surface area contributed by atoms with Crippen LogP contribution in [-0.2, 0) is 4.79 Å². The van der Waals surface area contributed by atoms with Crippen molar-refractivity contribution in [2.24, 2.45) is 5.92 Å². The second-order valence-corrected chi connectivity index (χ2v) is 7.43. The van der Waals surface area contributed by atoms with Crippen LogP contribution in [0.2, 0.25) is 0 Å². The largest absolute Gasteiger partial charge is 0.508 e. The first-order valence-corrected chi connectivity index (χ1v) is 9.40. The Bertz CT molecular complexity index is 940. The molecule has 6 heteroatoms. The van der Waals surface area contributed by atoms with Gasteiger partial charge in [-0.15, -0.1) is 0 Å². The lowest BCUT2D eigenvalue weighted by molar-refractivity contribution is -0.134. The third kappa shape index (κ3) is 3.52. The molecule has 1 heterocycles. The van der Waals surface area contributed by atoms with Crippen LogP contribution in [0.1, 0.15) is 30.0 Å². The smallest absolute Gasteiger partial charge is 0.241 e. The highest BCUT2D eigenvalue weighted by Gasteiger charge is 2.41. The molecule has 0 spiro atoms. The van der Waals surface area contributed by atoms with Crippen LogP contribution < -0.4 is 5.32 Å². The molecule has 1 aliphatic carbocycles. The summed E-state index contributed by atoms with van der Waals surface area (Å²) in [4.78, 5) is 14.9. The van der Waals surface area contributed by atoms with Gasteiger partial charge in [0.2, 0.25) is 5.91 Å². The first-order chi connectivity index (χ1) is 13.5. The number of likely N-dealkylation sites (N-methyl/N-ethyl adjacent to an activating group) is 1. The van der Waals surface area contributed by atoms with E-state index in [1.807, 2.05) is 6.07 Å². The number of amides is 1. The first kappa shape index (κ1) is 18.6. The molecule has 0 radical (unpaired) electrons. The van der Waals surface area contributed by atoms with Gasteiger partial charge in [0.1, 0.15) is 17.4 Å². The Kier molecular flexibility index (Phi) is 4.89. The molecule has 146 valence electrons. The summed E-state index contributed by atoms with van der Waals surface area (Å²) in [5, 5.41) is 13.0. The van der Waals surface area contributed by atoms with Gasteiger partial charge in [-0.1, -0.05) is 18.2 Å². The average molecular weight is 384 g/mol. The van der Waals surface area contributed by atoms with E-state index in [0.29, 0.717) is 11.5 Å². The Morgan fingerprint density at radius 3 is 2.68 bits per heavy atom. The molecule has 28 heavy (non-hydrogen) atoms. The molecule has 4 nitrogen and oxygen atoms in total. The molecule has 2 aromatic carbocycles. The van der Waals surface area contributed by atoms with Gasteiger partial charge in [-0.25, -0.2) is 8.78 Å². The standard InChI is InChI=1S/C22H22F2N2O2/c1-25-21(13-5-6-13)22(28)26-12-15(18-11-16(23)7-8-19(18)24)10-20(26)14-3-2-4-17(27)9-14/h2-4,7-11,13,20-21,25,27H,5-6,12H2,1H3. The minimum atomic E-state index is -0.526. The molecule has 1 aliphatic heterocycles. The number of phenols is 1. The summed E-state index contributed by atoms with van der Waals surface area (Å²) in [6, 6.07) is 9.26. The molecule has 2 atom stereocenters. The van der Waals surface area contributed by atoms with E-state index in [9.17, 15) is 18.7 Å². The summed E-state index contributed by atoms with van der Waals surface area (Å²) in [6.07, 6.45) is 3.78. The number of aromatic hydroxyl groups is 1. The number of hydrogen-bond acceptors (Lipinski definition) is 3. The molecule has 1 amide bonds. The van der Waals surface area contributed by atoms with Crippen molar-refractivity contribution in [2.45, 2.75) is 24.9 Å². The van der Waals surface area contributed by atoms with E-state index < -0.39 is 17.7 Å². The summed E-state index contributed by atoms with van der Waals surface area (Å²) >= 11 is 0. The molecule has 2 aromatic rings. The molecular formula is C22H22F2N2O2. The molecular weight excluding hydrogens is 362 g/mol. The van der Waals surface area contributed by atoms with Crippen molar-refractivity contribution < 1.29 is 18.7 Å². The van der Waals surface area contributed by atoms with Crippen LogP contribution in [-0.4, -0.2) is 35.5 Å². The molecule has 0 saturated heterocycles. The third-order valence-corrected chi connectivity index (χ3v) is 5.48. The van der Waals surface area contributed by atoms with Gasteiger partial charge < -0.3 is 15.3 Å². The SMILES string of the molecule is CNC(C(=O)N1CC(c2cc(F)ccc2F)=CC1c1cccc(O)c1)C1CC1. The lowest BCUT2D eigenvalue weighted by Crippen LogP contribution is -2.46. The normalized spacial score (nSPS) is 20.2. The molecule has 2 unspecified atom stereocenters. The fourth-order valence-corrected chi connectivity index (χ4v) is 3.90. The van der Waals surface area contributed by atoms with Gasteiger partial charge >= 0.3 is 0 Å². The van der Waals surface area contributed by atoms with Crippen molar-refractivity contribution >= 4 is 11.5 Å². The van der Waals surface area contributed by atoms with Crippen molar-refractivity contribution in [1.82, 2.24) is 10.2 Å². The molecule has 1 saturated carbocycles. The highest BCUT2D eigenvalue weighted by molar-refractivity contribution is 5.87. The van der Waals surface area contributed by atoms with Crippen LogP contribution in [0.25, 0.3) is 5.57 Å². The Hall–Kier alpha value is -2.73. The quantitative estimate of drug-likeness (QED) is 0.828. The Balaban J connectivity index is 1.73. The zero-order valence-corrected chi connectivity index (χ0v) is 15.5. The van der Waals surface area contributed by atoms with E-state index in [1.165, 1.54) is 0 Å². The van der Waals surface area contributed by atoms with Crippen LogP contribution in [0.5, 0.6) is 5.75 Å². The van der Waals surface area contributed by atoms with E-state index in [0.717, 1.165) is 36.6 Å². The summed E-state index contributed by atoms with van der Waals surface area (Å²) in [7, 11) is 1.76. The fourth-order valence-electron chi connectivity index (χ4n) is 3.90. The second-order valence-electron chi connectivity index (χ2n) is 7.43. The summed E-state index contributed by atoms with van der Waals surface area (Å²) in [5.41, 5.74) is 1.45.